The Balaban J connectivity index is 2.02. The summed E-state index contributed by atoms with van der Waals surface area (Å²) in [5.41, 5.74) is 1.62. The molecular formula is C18H12Cl3F3OS. The van der Waals surface area contributed by atoms with Gasteiger partial charge in [-0.3, -0.25) is 0 Å². The predicted octanol–water partition coefficient (Wildman–Crippen LogP) is 7.07. The summed E-state index contributed by atoms with van der Waals surface area (Å²) in [6.45, 7) is -0.236. The van der Waals surface area contributed by atoms with E-state index in [4.69, 9.17) is 34.8 Å². The van der Waals surface area contributed by atoms with Crippen LogP contribution in [0.25, 0.3) is 5.57 Å². The van der Waals surface area contributed by atoms with Gasteiger partial charge in [0.2, 0.25) is 0 Å². The lowest BCUT2D eigenvalue weighted by atomic mass is 9.88. The maximum absolute atomic E-state index is 14.1. The molecule has 2 aromatic carbocycles. The number of alkyl halides is 3. The van der Waals surface area contributed by atoms with Crippen molar-refractivity contribution in [1.82, 2.24) is 0 Å². The van der Waals surface area contributed by atoms with E-state index >= 15 is 0 Å². The van der Waals surface area contributed by atoms with Gasteiger partial charge >= 0.3 is 6.18 Å². The van der Waals surface area contributed by atoms with Crippen molar-refractivity contribution in [3.63, 3.8) is 0 Å². The topological polar surface area (TPSA) is 20.2 Å². The van der Waals surface area contributed by atoms with Crippen LogP contribution in [0.2, 0.25) is 15.1 Å². The second-order valence-corrected chi connectivity index (χ2v) is 8.33. The molecule has 0 aromatic heterocycles. The first-order valence-electron chi connectivity index (χ1n) is 7.46. The number of halogens is 6. The maximum Gasteiger partial charge on any atom is 0.407 e. The lowest BCUT2D eigenvalue weighted by Crippen LogP contribution is -2.37. The van der Waals surface area contributed by atoms with Gasteiger partial charge < -0.3 is 5.11 Å². The second-order valence-electron chi connectivity index (χ2n) is 5.88. The average Bonchev–Trinajstić information content (AvgIpc) is 3.00. The first kappa shape index (κ1) is 19.9. The molecule has 0 aliphatic carbocycles. The van der Waals surface area contributed by atoms with Gasteiger partial charge in [-0.2, -0.15) is 13.2 Å². The van der Waals surface area contributed by atoms with Crippen LogP contribution in [0.1, 0.15) is 23.1 Å². The minimum Gasteiger partial charge on any atom is -0.392 e. The van der Waals surface area contributed by atoms with E-state index in [2.05, 4.69) is 0 Å². The maximum atomic E-state index is 14.1. The van der Waals surface area contributed by atoms with Crippen LogP contribution in [-0.2, 0) is 11.4 Å². The quantitative estimate of drug-likeness (QED) is 0.551. The van der Waals surface area contributed by atoms with E-state index in [1.807, 2.05) is 0 Å². The zero-order valence-electron chi connectivity index (χ0n) is 13.1. The fourth-order valence-corrected chi connectivity index (χ4v) is 4.81. The zero-order chi connectivity index (χ0) is 19.1. The third kappa shape index (κ3) is 3.60. The highest BCUT2D eigenvalue weighted by Crippen LogP contribution is 2.60. The van der Waals surface area contributed by atoms with E-state index in [-0.39, 0.29) is 28.6 Å². The van der Waals surface area contributed by atoms with E-state index < -0.39 is 10.9 Å². The van der Waals surface area contributed by atoms with Gasteiger partial charge in [0.15, 0.2) is 0 Å². The molecule has 1 atom stereocenters. The Morgan fingerprint density at radius 2 is 1.69 bits per heavy atom. The van der Waals surface area contributed by atoms with Crippen molar-refractivity contribution >= 4 is 52.1 Å². The number of thioether (sulfide) groups is 1. The van der Waals surface area contributed by atoms with Gasteiger partial charge in [0.05, 0.1) is 6.61 Å². The molecular weight excluding hydrogens is 428 g/mol. The molecule has 138 valence electrons. The Hall–Kier alpha value is -0.850. The molecule has 26 heavy (non-hydrogen) atoms. The largest absolute Gasteiger partial charge is 0.407 e. The fourth-order valence-electron chi connectivity index (χ4n) is 2.86. The van der Waals surface area contributed by atoms with E-state index in [1.165, 1.54) is 23.6 Å². The summed E-state index contributed by atoms with van der Waals surface area (Å²) in [4.78, 5) is 0. The van der Waals surface area contributed by atoms with Crippen LogP contribution >= 0.6 is 46.6 Å². The van der Waals surface area contributed by atoms with Gasteiger partial charge in [0.25, 0.3) is 0 Å². The van der Waals surface area contributed by atoms with E-state index in [0.29, 0.717) is 33.5 Å². The molecule has 1 aliphatic heterocycles. The summed E-state index contributed by atoms with van der Waals surface area (Å²) in [5.74, 6) is 0. The Labute approximate surface area is 167 Å². The van der Waals surface area contributed by atoms with Crippen LogP contribution in [0, 0.1) is 0 Å². The molecule has 1 unspecified atom stereocenters. The molecule has 2 aromatic rings. The Bertz CT molecular complexity index is 862. The number of allylic oxidation sites excluding steroid dienone is 1. The highest BCUT2D eigenvalue weighted by molar-refractivity contribution is 8.03. The molecule has 0 fully saturated rings. The van der Waals surface area contributed by atoms with Gasteiger partial charge in [-0.25, -0.2) is 0 Å². The highest BCUT2D eigenvalue weighted by Gasteiger charge is 2.58. The van der Waals surface area contributed by atoms with Crippen molar-refractivity contribution < 1.29 is 18.3 Å². The third-order valence-electron chi connectivity index (χ3n) is 4.22. The van der Waals surface area contributed by atoms with Crippen LogP contribution in [0.4, 0.5) is 13.2 Å². The van der Waals surface area contributed by atoms with E-state index in [0.717, 1.165) is 0 Å². The molecule has 0 saturated heterocycles. The monoisotopic (exact) mass is 438 g/mol. The number of aliphatic hydroxyl groups excluding tert-OH is 1. The number of aliphatic hydroxyl groups is 1. The standard InChI is InChI=1S/C18H12Cl3F3OS/c19-14-4-13(5-15(20)6-14)17(18(22,23)24)7-12(9-26-17)10-1-2-11(8-25)16(21)3-10/h1-6,9,25H,7-8H2. The molecule has 3 rings (SSSR count). The molecule has 0 saturated carbocycles. The summed E-state index contributed by atoms with van der Waals surface area (Å²) < 4.78 is 40.0. The fraction of sp³-hybridized carbons (Fsp3) is 0.222. The molecule has 1 aliphatic rings. The van der Waals surface area contributed by atoms with Gasteiger partial charge in [0.1, 0.15) is 4.75 Å². The summed E-state index contributed by atoms with van der Waals surface area (Å²) in [6, 6.07) is 8.82. The van der Waals surface area contributed by atoms with Crippen LogP contribution in [-0.4, -0.2) is 11.3 Å². The summed E-state index contributed by atoms with van der Waals surface area (Å²) in [7, 11) is 0. The van der Waals surface area contributed by atoms with Gasteiger partial charge in [0, 0.05) is 21.5 Å². The Morgan fingerprint density at radius 3 is 2.23 bits per heavy atom. The van der Waals surface area contributed by atoms with E-state index in [1.54, 1.807) is 18.2 Å². The number of benzene rings is 2. The summed E-state index contributed by atoms with van der Waals surface area (Å²) >= 11 is 18.6. The van der Waals surface area contributed by atoms with Gasteiger partial charge in [-0.15, -0.1) is 11.8 Å². The van der Waals surface area contributed by atoms with Gasteiger partial charge in [-0.1, -0.05) is 46.9 Å². The van der Waals surface area contributed by atoms with Crippen LogP contribution < -0.4 is 0 Å². The number of hydrogen-bond acceptors (Lipinski definition) is 2. The first-order valence-corrected chi connectivity index (χ1v) is 9.47. The smallest absolute Gasteiger partial charge is 0.392 e. The van der Waals surface area contributed by atoms with Crippen molar-refractivity contribution in [2.45, 2.75) is 24.0 Å². The van der Waals surface area contributed by atoms with Crippen molar-refractivity contribution in [3.8, 4) is 0 Å². The molecule has 8 heteroatoms. The van der Waals surface area contributed by atoms with Crippen molar-refractivity contribution in [1.29, 1.82) is 0 Å². The zero-order valence-corrected chi connectivity index (χ0v) is 16.2. The molecule has 1 nitrogen and oxygen atoms in total. The minimum absolute atomic E-state index is 0.0109. The van der Waals surface area contributed by atoms with Gasteiger partial charge in [-0.05, 0) is 51.9 Å². The second kappa shape index (κ2) is 7.28. The average molecular weight is 440 g/mol. The molecule has 1 heterocycles. The van der Waals surface area contributed by atoms with Crippen LogP contribution in [0.5, 0.6) is 0 Å². The SMILES string of the molecule is OCc1ccc(C2=CSC(c3cc(Cl)cc(Cl)c3)(C(F)(F)F)C2)cc1Cl. The molecule has 0 radical (unpaired) electrons. The van der Waals surface area contributed by atoms with Crippen molar-refractivity contribution in [2.75, 3.05) is 0 Å². The predicted molar refractivity (Wildman–Crippen MR) is 102 cm³/mol. The van der Waals surface area contributed by atoms with E-state index in [9.17, 15) is 18.3 Å². The number of rotatable bonds is 3. The lowest BCUT2D eigenvalue weighted by molar-refractivity contribution is -0.160. The summed E-state index contributed by atoms with van der Waals surface area (Å²) in [6.07, 6.45) is -4.79. The summed E-state index contributed by atoms with van der Waals surface area (Å²) in [5, 5.41) is 11.3. The first-order chi connectivity index (χ1) is 12.2. The lowest BCUT2D eigenvalue weighted by Gasteiger charge is -2.32. The Morgan fingerprint density at radius 1 is 1.04 bits per heavy atom. The van der Waals surface area contributed by atoms with Crippen molar-refractivity contribution in [3.05, 3.63) is 73.6 Å². The molecule has 1 N–H and O–H groups in total. The minimum atomic E-state index is -4.52. The molecule has 0 spiro atoms. The third-order valence-corrected chi connectivity index (χ3v) is 6.43. The van der Waals surface area contributed by atoms with Crippen LogP contribution in [0.3, 0.4) is 0 Å². The Kier molecular flexibility index (Phi) is 5.58. The van der Waals surface area contributed by atoms with Crippen molar-refractivity contribution in [2.24, 2.45) is 0 Å². The number of hydrogen-bond donors (Lipinski definition) is 1. The normalized spacial score (nSPS) is 20.3. The molecule has 0 bridgehead atoms. The molecule has 0 amide bonds. The van der Waals surface area contributed by atoms with Crippen LogP contribution in [0.15, 0.2) is 41.8 Å². The highest BCUT2D eigenvalue weighted by atomic mass is 35.5.